The van der Waals surface area contributed by atoms with Crippen molar-refractivity contribution in [2.75, 3.05) is 32.1 Å². The van der Waals surface area contributed by atoms with E-state index in [0.29, 0.717) is 21.8 Å². The maximum absolute atomic E-state index is 6.40. The molecule has 1 heterocycles. The van der Waals surface area contributed by atoms with Crippen LogP contribution < -0.4 is 10.1 Å². The van der Waals surface area contributed by atoms with Crippen molar-refractivity contribution in [1.29, 1.82) is 0 Å². The zero-order valence-corrected chi connectivity index (χ0v) is 20.2. The Kier molecular flexibility index (Phi) is 8.42. The molecule has 0 saturated carbocycles. The molecule has 2 aromatic carbocycles. The van der Waals surface area contributed by atoms with Crippen molar-refractivity contribution in [1.82, 2.24) is 9.88 Å². The van der Waals surface area contributed by atoms with Crippen molar-refractivity contribution < 1.29 is 4.74 Å². The second-order valence-electron chi connectivity index (χ2n) is 7.78. The molecule has 0 spiro atoms. The first-order chi connectivity index (χ1) is 14.9. The lowest BCUT2D eigenvalue weighted by Crippen LogP contribution is -2.25. The largest absolute Gasteiger partial charge is 0.495 e. The number of ether oxygens (including phenoxy) is 1. The molecular formula is C25H31Cl2N3O. The highest BCUT2D eigenvalue weighted by Crippen LogP contribution is 2.36. The first-order valence-electron chi connectivity index (χ1n) is 10.9. The number of fused-ring (bicyclic) bond motifs is 1. The Labute approximate surface area is 195 Å². The highest BCUT2D eigenvalue weighted by Gasteiger charge is 2.13. The number of benzene rings is 2. The number of nitrogens with zero attached hydrogens (tertiary/aromatic N) is 2. The molecule has 0 radical (unpaired) electrons. The lowest BCUT2D eigenvalue weighted by atomic mass is 10.0. The molecule has 1 unspecified atom stereocenters. The topological polar surface area (TPSA) is 37.4 Å². The van der Waals surface area contributed by atoms with Crippen LogP contribution in [0.5, 0.6) is 5.75 Å². The fourth-order valence-electron chi connectivity index (χ4n) is 3.81. The van der Waals surface area contributed by atoms with Crippen LogP contribution in [0.3, 0.4) is 0 Å². The lowest BCUT2D eigenvalue weighted by Gasteiger charge is -2.20. The Balaban J connectivity index is 1.90. The summed E-state index contributed by atoms with van der Waals surface area (Å²) in [5.74, 6) is 1.48. The molecule has 166 valence electrons. The van der Waals surface area contributed by atoms with E-state index in [9.17, 15) is 0 Å². The van der Waals surface area contributed by atoms with Crippen molar-refractivity contribution in [3.05, 3.63) is 52.5 Å². The van der Waals surface area contributed by atoms with Crippen LogP contribution in [0.25, 0.3) is 22.0 Å². The maximum atomic E-state index is 6.40. The predicted molar refractivity (Wildman–Crippen MR) is 134 cm³/mol. The minimum absolute atomic E-state index is 0.312. The van der Waals surface area contributed by atoms with Crippen molar-refractivity contribution in [3.8, 4) is 16.9 Å². The van der Waals surface area contributed by atoms with Crippen LogP contribution in [-0.4, -0.2) is 42.7 Å². The number of nitrogens with one attached hydrogen (secondary N) is 1. The number of methoxy groups -OCH3 is 1. The van der Waals surface area contributed by atoms with Crippen LogP contribution in [-0.2, 0) is 0 Å². The van der Waals surface area contributed by atoms with Gasteiger partial charge in [-0.1, -0.05) is 49.2 Å². The summed E-state index contributed by atoms with van der Waals surface area (Å²) in [7, 11) is 1.62. The predicted octanol–water partition coefficient (Wildman–Crippen LogP) is 7.14. The van der Waals surface area contributed by atoms with Gasteiger partial charge in [-0.3, -0.25) is 0 Å². The van der Waals surface area contributed by atoms with E-state index in [0.717, 1.165) is 60.3 Å². The molecule has 4 nitrogen and oxygen atoms in total. The molecule has 0 amide bonds. The van der Waals surface area contributed by atoms with Crippen molar-refractivity contribution in [2.45, 2.75) is 39.7 Å². The summed E-state index contributed by atoms with van der Waals surface area (Å²) < 4.78 is 5.44. The third kappa shape index (κ3) is 6.03. The van der Waals surface area contributed by atoms with Crippen molar-refractivity contribution >= 4 is 39.9 Å². The first kappa shape index (κ1) is 23.6. The van der Waals surface area contributed by atoms with Gasteiger partial charge in [0.15, 0.2) is 0 Å². The minimum Gasteiger partial charge on any atom is -0.495 e. The Morgan fingerprint density at radius 3 is 2.42 bits per heavy atom. The van der Waals surface area contributed by atoms with E-state index in [2.05, 4.69) is 37.1 Å². The second kappa shape index (κ2) is 11.0. The van der Waals surface area contributed by atoms with Crippen LogP contribution in [0.4, 0.5) is 5.82 Å². The van der Waals surface area contributed by atoms with Gasteiger partial charge >= 0.3 is 0 Å². The van der Waals surface area contributed by atoms with E-state index >= 15 is 0 Å². The van der Waals surface area contributed by atoms with Gasteiger partial charge in [0.1, 0.15) is 11.6 Å². The van der Waals surface area contributed by atoms with Crippen LogP contribution in [0, 0.1) is 0 Å². The van der Waals surface area contributed by atoms with Gasteiger partial charge in [-0.2, -0.15) is 0 Å². The molecule has 0 aliphatic rings. The van der Waals surface area contributed by atoms with Gasteiger partial charge in [-0.25, -0.2) is 4.98 Å². The van der Waals surface area contributed by atoms with Gasteiger partial charge in [0.05, 0.1) is 17.6 Å². The molecule has 1 aromatic heterocycles. The monoisotopic (exact) mass is 459 g/mol. The van der Waals surface area contributed by atoms with Gasteiger partial charge in [0.2, 0.25) is 0 Å². The first-order valence-corrected chi connectivity index (χ1v) is 11.6. The van der Waals surface area contributed by atoms with E-state index < -0.39 is 0 Å². The summed E-state index contributed by atoms with van der Waals surface area (Å²) >= 11 is 12.5. The molecule has 6 heteroatoms. The van der Waals surface area contributed by atoms with Crippen LogP contribution >= 0.6 is 23.2 Å². The van der Waals surface area contributed by atoms with E-state index in [1.165, 1.54) is 0 Å². The summed E-state index contributed by atoms with van der Waals surface area (Å²) in [6.45, 7) is 9.94. The maximum Gasteiger partial charge on any atom is 0.138 e. The molecule has 0 bridgehead atoms. The Morgan fingerprint density at radius 1 is 1.06 bits per heavy atom. The highest BCUT2D eigenvalue weighted by atomic mass is 35.5. The molecule has 3 aromatic rings. The number of halogens is 2. The SMILES string of the molecule is CCN(CC)CCCC(C)Nc1cc(-c2ccc(Cl)cc2)c2cc(OC)c(Cl)cc2n1. The van der Waals surface area contributed by atoms with Crippen molar-refractivity contribution in [3.63, 3.8) is 0 Å². The molecule has 0 fully saturated rings. The van der Waals surface area contributed by atoms with Gasteiger partial charge in [0, 0.05) is 16.5 Å². The highest BCUT2D eigenvalue weighted by molar-refractivity contribution is 6.33. The summed E-state index contributed by atoms with van der Waals surface area (Å²) in [5, 5.41) is 5.83. The summed E-state index contributed by atoms with van der Waals surface area (Å²) in [6.07, 6.45) is 2.23. The average molecular weight is 460 g/mol. The van der Waals surface area contributed by atoms with Crippen molar-refractivity contribution in [2.24, 2.45) is 0 Å². The Morgan fingerprint density at radius 2 is 1.77 bits per heavy atom. The average Bonchev–Trinajstić information content (AvgIpc) is 2.76. The zero-order chi connectivity index (χ0) is 22.4. The Bertz CT molecular complexity index is 1000. The van der Waals surface area contributed by atoms with Gasteiger partial charge < -0.3 is 15.0 Å². The molecule has 0 saturated heterocycles. The van der Waals surface area contributed by atoms with E-state index in [1.807, 2.05) is 36.4 Å². The smallest absolute Gasteiger partial charge is 0.138 e. The fraction of sp³-hybridized carbons (Fsp3) is 0.400. The van der Waals surface area contributed by atoms with Gasteiger partial charge in [-0.15, -0.1) is 0 Å². The zero-order valence-electron chi connectivity index (χ0n) is 18.7. The minimum atomic E-state index is 0.312. The van der Waals surface area contributed by atoms with Crippen LogP contribution in [0.1, 0.15) is 33.6 Å². The van der Waals surface area contributed by atoms with Crippen LogP contribution in [0.15, 0.2) is 42.5 Å². The third-order valence-corrected chi connectivity index (χ3v) is 6.19. The molecule has 31 heavy (non-hydrogen) atoms. The summed E-state index contributed by atoms with van der Waals surface area (Å²) in [6, 6.07) is 14.1. The number of pyridine rings is 1. The molecule has 0 aliphatic heterocycles. The standard InChI is InChI=1S/C25H31Cl2N3O/c1-5-30(6-2)13-7-8-17(3)28-25-15-20(18-9-11-19(26)12-10-18)21-14-24(31-4)22(27)16-23(21)29-25/h9-12,14-17H,5-8,13H2,1-4H3,(H,28,29). The number of rotatable bonds is 10. The molecule has 1 atom stereocenters. The van der Waals surface area contributed by atoms with Gasteiger partial charge in [-0.05, 0) is 80.9 Å². The fourth-order valence-corrected chi connectivity index (χ4v) is 4.17. The second-order valence-corrected chi connectivity index (χ2v) is 8.62. The molecule has 3 rings (SSSR count). The number of hydrogen-bond acceptors (Lipinski definition) is 4. The number of aromatic nitrogens is 1. The van der Waals surface area contributed by atoms with E-state index in [4.69, 9.17) is 32.9 Å². The van der Waals surface area contributed by atoms with Gasteiger partial charge in [0.25, 0.3) is 0 Å². The third-order valence-electron chi connectivity index (χ3n) is 5.64. The summed E-state index contributed by atoms with van der Waals surface area (Å²) in [4.78, 5) is 7.30. The normalized spacial score (nSPS) is 12.4. The van der Waals surface area contributed by atoms with E-state index in [-0.39, 0.29) is 0 Å². The molecular weight excluding hydrogens is 429 g/mol. The summed E-state index contributed by atoms with van der Waals surface area (Å²) in [5.41, 5.74) is 2.96. The molecule has 1 N–H and O–H groups in total. The quantitative estimate of drug-likeness (QED) is 0.349. The number of hydrogen-bond donors (Lipinski definition) is 1. The van der Waals surface area contributed by atoms with E-state index in [1.54, 1.807) is 7.11 Å². The Hall–Kier alpha value is -2.01. The number of anilines is 1. The van der Waals surface area contributed by atoms with Crippen LogP contribution in [0.2, 0.25) is 10.0 Å². The molecule has 0 aliphatic carbocycles. The lowest BCUT2D eigenvalue weighted by molar-refractivity contribution is 0.295.